The molecule has 7 nitrogen and oxygen atoms in total. The van der Waals surface area contributed by atoms with E-state index in [9.17, 15) is 14.4 Å². The molecular formula is C20H22N4O3S. The highest BCUT2D eigenvalue weighted by Gasteiger charge is 2.52. The summed E-state index contributed by atoms with van der Waals surface area (Å²) < 4.78 is 0. The number of carbonyl (C=O) groups is 3. The van der Waals surface area contributed by atoms with Crippen molar-refractivity contribution in [1.29, 1.82) is 0 Å². The molecule has 1 spiro atoms. The van der Waals surface area contributed by atoms with E-state index in [0.717, 1.165) is 40.4 Å². The molecule has 28 heavy (non-hydrogen) atoms. The number of nitrogens with one attached hydrogen (secondary N) is 2. The van der Waals surface area contributed by atoms with E-state index in [4.69, 9.17) is 0 Å². The summed E-state index contributed by atoms with van der Waals surface area (Å²) in [6.45, 7) is 2.02. The minimum absolute atomic E-state index is 0.00633. The molecular weight excluding hydrogens is 376 g/mol. The van der Waals surface area contributed by atoms with Crippen molar-refractivity contribution in [2.45, 2.75) is 51.0 Å². The fraction of sp³-hybridized carbons (Fsp3) is 0.400. The molecule has 2 heterocycles. The Balaban J connectivity index is 1.41. The maximum absolute atomic E-state index is 12.7. The standard InChI is InChI=1S/C20H22N4O3S/c1-13-6-5-7-14(10-13)17-21-15(12-28-17)11-16(25)23-24-18(26)20(22-19(24)27)8-3-2-4-9-20/h5-7,10,12H,2-4,8-9,11H2,1H3,(H,22,27)(H,23,25). The number of aromatic nitrogens is 1. The van der Waals surface area contributed by atoms with Crippen LogP contribution in [0.2, 0.25) is 0 Å². The number of hydrogen-bond donors (Lipinski definition) is 2. The van der Waals surface area contributed by atoms with Crippen molar-refractivity contribution in [3.8, 4) is 10.6 Å². The van der Waals surface area contributed by atoms with Crippen LogP contribution in [0.3, 0.4) is 0 Å². The second-order valence-electron chi connectivity index (χ2n) is 7.44. The summed E-state index contributed by atoms with van der Waals surface area (Å²) in [5, 5.41) is 6.27. The number of aryl methyl sites for hydroxylation is 1. The van der Waals surface area contributed by atoms with Gasteiger partial charge in [0.15, 0.2) is 0 Å². The fourth-order valence-corrected chi connectivity index (χ4v) is 4.66. The van der Waals surface area contributed by atoms with Crippen LogP contribution in [0.15, 0.2) is 29.6 Å². The monoisotopic (exact) mass is 398 g/mol. The Kier molecular flexibility index (Phi) is 4.89. The molecule has 1 aromatic heterocycles. The first-order valence-electron chi connectivity index (χ1n) is 9.44. The summed E-state index contributed by atoms with van der Waals surface area (Å²) in [7, 11) is 0. The van der Waals surface area contributed by atoms with Gasteiger partial charge in [-0.05, 0) is 25.8 Å². The van der Waals surface area contributed by atoms with Crippen LogP contribution in [0.1, 0.15) is 43.4 Å². The van der Waals surface area contributed by atoms with Gasteiger partial charge in [-0.1, -0.05) is 43.0 Å². The first kappa shape index (κ1) is 18.6. The number of hydrazine groups is 1. The molecule has 0 bridgehead atoms. The molecule has 4 amide bonds. The fourth-order valence-electron chi connectivity index (χ4n) is 3.84. The first-order valence-corrected chi connectivity index (χ1v) is 10.3. The molecule has 1 saturated heterocycles. The van der Waals surface area contributed by atoms with Gasteiger partial charge in [-0.2, -0.15) is 5.01 Å². The number of carbonyl (C=O) groups excluding carboxylic acids is 3. The molecule has 1 aromatic carbocycles. The maximum atomic E-state index is 12.7. The molecule has 146 valence electrons. The number of thiazole rings is 1. The predicted octanol–water partition coefficient (Wildman–Crippen LogP) is 2.95. The van der Waals surface area contributed by atoms with E-state index in [1.54, 1.807) is 0 Å². The molecule has 8 heteroatoms. The van der Waals surface area contributed by atoms with E-state index in [1.165, 1.54) is 11.3 Å². The molecule has 4 rings (SSSR count). The van der Waals surface area contributed by atoms with Gasteiger partial charge in [-0.3, -0.25) is 15.0 Å². The van der Waals surface area contributed by atoms with E-state index >= 15 is 0 Å². The largest absolute Gasteiger partial charge is 0.344 e. The van der Waals surface area contributed by atoms with Crippen molar-refractivity contribution in [2.24, 2.45) is 0 Å². The maximum Gasteiger partial charge on any atom is 0.344 e. The average Bonchev–Trinajstić information content (AvgIpc) is 3.22. The van der Waals surface area contributed by atoms with Crippen molar-refractivity contribution >= 4 is 29.2 Å². The second kappa shape index (κ2) is 7.35. The minimum atomic E-state index is -0.846. The second-order valence-corrected chi connectivity index (χ2v) is 8.30. The smallest absolute Gasteiger partial charge is 0.322 e. The number of rotatable bonds is 4. The van der Waals surface area contributed by atoms with Crippen LogP contribution in [0.25, 0.3) is 10.6 Å². The lowest BCUT2D eigenvalue weighted by atomic mass is 9.82. The number of benzene rings is 1. The Morgan fingerprint density at radius 2 is 2.07 bits per heavy atom. The van der Waals surface area contributed by atoms with Crippen LogP contribution in [0.4, 0.5) is 4.79 Å². The number of amides is 4. The summed E-state index contributed by atoms with van der Waals surface area (Å²) in [4.78, 5) is 41.9. The SMILES string of the molecule is Cc1cccc(-c2nc(CC(=O)NN3C(=O)NC4(CCCCC4)C3=O)cs2)c1. The quantitative estimate of drug-likeness (QED) is 0.775. The number of imide groups is 1. The Morgan fingerprint density at radius 1 is 1.29 bits per heavy atom. The minimum Gasteiger partial charge on any atom is -0.322 e. The van der Waals surface area contributed by atoms with Gasteiger partial charge in [-0.25, -0.2) is 9.78 Å². The third kappa shape index (κ3) is 3.52. The van der Waals surface area contributed by atoms with E-state index in [-0.39, 0.29) is 12.3 Å². The summed E-state index contributed by atoms with van der Waals surface area (Å²) in [6, 6.07) is 7.45. The number of nitrogens with zero attached hydrogens (tertiary/aromatic N) is 2. The van der Waals surface area contributed by atoms with Crippen LogP contribution >= 0.6 is 11.3 Å². The topological polar surface area (TPSA) is 91.4 Å². The van der Waals surface area contributed by atoms with Crippen molar-refractivity contribution in [1.82, 2.24) is 20.7 Å². The molecule has 2 aromatic rings. The lowest BCUT2D eigenvalue weighted by Gasteiger charge is -2.30. The summed E-state index contributed by atoms with van der Waals surface area (Å²) >= 11 is 1.46. The zero-order valence-electron chi connectivity index (χ0n) is 15.7. The van der Waals surface area contributed by atoms with Crippen molar-refractivity contribution < 1.29 is 14.4 Å². The molecule has 1 saturated carbocycles. The molecule has 2 fully saturated rings. The van der Waals surface area contributed by atoms with Crippen molar-refractivity contribution in [2.75, 3.05) is 0 Å². The van der Waals surface area contributed by atoms with Gasteiger partial charge in [0.05, 0.1) is 12.1 Å². The zero-order valence-corrected chi connectivity index (χ0v) is 16.5. The Labute approximate surface area is 167 Å². The van der Waals surface area contributed by atoms with Crippen LogP contribution < -0.4 is 10.7 Å². The molecule has 0 radical (unpaired) electrons. The molecule has 2 N–H and O–H groups in total. The summed E-state index contributed by atoms with van der Waals surface area (Å²) in [6.07, 6.45) is 4.10. The summed E-state index contributed by atoms with van der Waals surface area (Å²) in [5.74, 6) is -0.790. The van der Waals surface area contributed by atoms with Gasteiger partial charge in [0, 0.05) is 10.9 Å². The van der Waals surface area contributed by atoms with Crippen molar-refractivity contribution in [3.63, 3.8) is 0 Å². The first-order chi connectivity index (χ1) is 13.5. The predicted molar refractivity (Wildman–Crippen MR) is 105 cm³/mol. The summed E-state index contributed by atoms with van der Waals surface area (Å²) in [5.41, 5.74) is 4.36. The normalized spacial score (nSPS) is 18.4. The van der Waals surface area contributed by atoms with Gasteiger partial charge in [0.1, 0.15) is 10.5 Å². The van der Waals surface area contributed by atoms with Crippen LogP contribution in [-0.4, -0.2) is 33.4 Å². The lowest BCUT2D eigenvalue weighted by Crippen LogP contribution is -2.51. The number of urea groups is 1. The molecule has 1 aliphatic heterocycles. The molecule has 0 unspecified atom stereocenters. The Morgan fingerprint density at radius 3 is 2.82 bits per heavy atom. The van der Waals surface area contributed by atoms with Crippen LogP contribution in [-0.2, 0) is 16.0 Å². The van der Waals surface area contributed by atoms with Gasteiger partial charge >= 0.3 is 6.03 Å². The van der Waals surface area contributed by atoms with E-state index in [2.05, 4.69) is 15.7 Å². The van der Waals surface area contributed by atoms with E-state index in [1.807, 2.05) is 36.6 Å². The van der Waals surface area contributed by atoms with E-state index in [0.29, 0.717) is 18.5 Å². The number of hydrogen-bond acceptors (Lipinski definition) is 5. The molecule has 1 aliphatic carbocycles. The highest BCUT2D eigenvalue weighted by Crippen LogP contribution is 2.33. The van der Waals surface area contributed by atoms with Crippen molar-refractivity contribution in [3.05, 3.63) is 40.9 Å². The molecule has 0 atom stereocenters. The highest BCUT2D eigenvalue weighted by molar-refractivity contribution is 7.13. The van der Waals surface area contributed by atoms with E-state index < -0.39 is 17.5 Å². The van der Waals surface area contributed by atoms with Gasteiger partial charge in [-0.15, -0.1) is 11.3 Å². The van der Waals surface area contributed by atoms with Crippen LogP contribution in [0, 0.1) is 6.92 Å². The zero-order chi connectivity index (χ0) is 19.7. The van der Waals surface area contributed by atoms with Gasteiger partial charge < -0.3 is 5.32 Å². The molecule has 2 aliphatic rings. The Hall–Kier alpha value is -2.74. The third-order valence-corrected chi connectivity index (χ3v) is 6.20. The van der Waals surface area contributed by atoms with Crippen LogP contribution in [0.5, 0.6) is 0 Å². The average molecular weight is 398 g/mol. The Bertz CT molecular complexity index is 933. The lowest BCUT2D eigenvalue weighted by molar-refractivity contribution is -0.139. The third-order valence-electron chi connectivity index (χ3n) is 5.26. The highest BCUT2D eigenvalue weighted by atomic mass is 32.1. The van der Waals surface area contributed by atoms with Gasteiger partial charge in [0.25, 0.3) is 5.91 Å². The van der Waals surface area contributed by atoms with Gasteiger partial charge in [0.2, 0.25) is 5.91 Å².